The number of rotatable bonds is 3. The fourth-order valence-electron chi connectivity index (χ4n) is 2.14. The number of aromatic nitrogens is 2. The molecule has 1 unspecified atom stereocenters. The number of amides is 2. The van der Waals surface area contributed by atoms with E-state index < -0.39 is 6.04 Å². The first-order valence-corrected chi connectivity index (χ1v) is 6.44. The van der Waals surface area contributed by atoms with Gasteiger partial charge in [-0.05, 0) is 18.6 Å². The van der Waals surface area contributed by atoms with E-state index in [2.05, 4.69) is 15.7 Å². The van der Waals surface area contributed by atoms with E-state index in [-0.39, 0.29) is 11.8 Å². The van der Waals surface area contributed by atoms with Crippen molar-refractivity contribution in [2.45, 2.75) is 18.9 Å². The van der Waals surface area contributed by atoms with E-state index in [4.69, 9.17) is 0 Å². The lowest BCUT2D eigenvalue weighted by molar-refractivity contribution is -0.122. The van der Waals surface area contributed by atoms with Crippen LogP contribution in [0.2, 0.25) is 0 Å². The molecule has 1 fully saturated rings. The van der Waals surface area contributed by atoms with Gasteiger partial charge in [0.15, 0.2) is 5.82 Å². The zero-order chi connectivity index (χ0) is 13.9. The second kappa shape index (κ2) is 5.16. The molecule has 1 aliphatic rings. The first-order valence-electron chi connectivity index (χ1n) is 6.44. The fraction of sp³-hybridized carbons (Fsp3) is 0.214. The lowest BCUT2D eigenvalue weighted by atomic mass is 10.2. The van der Waals surface area contributed by atoms with Gasteiger partial charge in [-0.25, -0.2) is 4.68 Å². The molecule has 1 saturated heterocycles. The van der Waals surface area contributed by atoms with Crippen molar-refractivity contribution in [1.82, 2.24) is 15.1 Å². The van der Waals surface area contributed by atoms with E-state index in [1.54, 1.807) is 16.9 Å². The summed E-state index contributed by atoms with van der Waals surface area (Å²) in [5, 5.41) is 9.62. The molecule has 2 heterocycles. The summed E-state index contributed by atoms with van der Waals surface area (Å²) in [4.78, 5) is 23.0. The molecule has 0 spiro atoms. The molecule has 0 saturated carbocycles. The van der Waals surface area contributed by atoms with E-state index in [0.29, 0.717) is 18.7 Å². The van der Waals surface area contributed by atoms with Crippen molar-refractivity contribution < 1.29 is 9.59 Å². The van der Waals surface area contributed by atoms with Crippen molar-refractivity contribution in [3.05, 3.63) is 42.6 Å². The zero-order valence-corrected chi connectivity index (χ0v) is 10.7. The highest BCUT2D eigenvalue weighted by atomic mass is 16.2. The van der Waals surface area contributed by atoms with Gasteiger partial charge >= 0.3 is 0 Å². The molecule has 2 aromatic rings. The Hall–Kier alpha value is -2.63. The lowest BCUT2D eigenvalue weighted by Crippen LogP contribution is -2.37. The van der Waals surface area contributed by atoms with Gasteiger partial charge in [-0.1, -0.05) is 18.2 Å². The quantitative estimate of drug-likeness (QED) is 0.876. The van der Waals surface area contributed by atoms with Crippen LogP contribution in [0.1, 0.15) is 12.8 Å². The highest BCUT2D eigenvalue weighted by molar-refractivity contribution is 5.98. The summed E-state index contributed by atoms with van der Waals surface area (Å²) >= 11 is 0. The molecule has 0 bridgehead atoms. The van der Waals surface area contributed by atoms with E-state index in [1.807, 2.05) is 30.3 Å². The van der Waals surface area contributed by atoms with Crippen LogP contribution in [0.15, 0.2) is 42.6 Å². The zero-order valence-electron chi connectivity index (χ0n) is 10.7. The Morgan fingerprint density at radius 3 is 2.80 bits per heavy atom. The van der Waals surface area contributed by atoms with Gasteiger partial charge in [0.05, 0.1) is 5.69 Å². The van der Waals surface area contributed by atoms with Gasteiger partial charge in [-0.15, -0.1) is 0 Å². The Morgan fingerprint density at radius 1 is 1.30 bits per heavy atom. The standard InChI is InChI=1S/C14H14N4O2/c19-13-7-6-11(15-13)14(20)16-12-8-9-18(17-12)10-4-2-1-3-5-10/h1-5,8-9,11H,6-7H2,(H,15,19)(H,16,17,20). The van der Waals surface area contributed by atoms with Crippen molar-refractivity contribution in [3.63, 3.8) is 0 Å². The molecule has 20 heavy (non-hydrogen) atoms. The van der Waals surface area contributed by atoms with Crippen LogP contribution in [0, 0.1) is 0 Å². The van der Waals surface area contributed by atoms with Gasteiger partial charge in [0.1, 0.15) is 6.04 Å². The van der Waals surface area contributed by atoms with Crippen LogP contribution in [-0.4, -0.2) is 27.6 Å². The molecule has 1 aliphatic heterocycles. The maximum absolute atomic E-state index is 11.9. The Labute approximate surface area is 115 Å². The van der Waals surface area contributed by atoms with E-state index in [0.717, 1.165) is 5.69 Å². The number of nitrogens with zero attached hydrogens (tertiary/aromatic N) is 2. The van der Waals surface area contributed by atoms with Crippen LogP contribution >= 0.6 is 0 Å². The Balaban J connectivity index is 1.68. The average Bonchev–Trinajstić information content (AvgIpc) is 3.09. The average molecular weight is 270 g/mol. The lowest BCUT2D eigenvalue weighted by Gasteiger charge is -2.08. The maximum Gasteiger partial charge on any atom is 0.248 e. The minimum Gasteiger partial charge on any atom is -0.344 e. The predicted molar refractivity (Wildman–Crippen MR) is 73.4 cm³/mol. The largest absolute Gasteiger partial charge is 0.344 e. The summed E-state index contributed by atoms with van der Waals surface area (Å²) < 4.78 is 1.68. The molecule has 102 valence electrons. The van der Waals surface area contributed by atoms with Crippen molar-refractivity contribution in [2.75, 3.05) is 5.32 Å². The maximum atomic E-state index is 11.9. The second-order valence-corrected chi connectivity index (χ2v) is 4.63. The van der Waals surface area contributed by atoms with Gasteiger partial charge in [0.25, 0.3) is 0 Å². The van der Waals surface area contributed by atoms with Crippen LogP contribution < -0.4 is 10.6 Å². The highest BCUT2D eigenvalue weighted by Gasteiger charge is 2.27. The molecule has 6 heteroatoms. The van der Waals surface area contributed by atoms with Crippen molar-refractivity contribution in [2.24, 2.45) is 0 Å². The molecule has 2 amide bonds. The molecule has 1 atom stereocenters. The first-order chi connectivity index (χ1) is 9.72. The summed E-state index contributed by atoms with van der Waals surface area (Å²) in [5.74, 6) is 0.161. The number of hydrogen-bond donors (Lipinski definition) is 2. The predicted octanol–water partition coefficient (Wildman–Crippen LogP) is 1.09. The molecule has 6 nitrogen and oxygen atoms in total. The second-order valence-electron chi connectivity index (χ2n) is 4.63. The van der Waals surface area contributed by atoms with Gasteiger partial charge in [0, 0.05) is 18.7 Å². The van der Waals surface area contributed by atoms with Gasteiger partial charge in [0.2, 0.25) is 11.8 Å². The normalized spacial score (nSPS) is 17.8. The summed E-state index contributed by atoms with van der Waals surface area (Å²) in [5.41, 5.74) is 0.919. The minimum absolute atomic E-state index is 0.0834. The molecule has 3 rings (SSSR count). The molecular weight excluding hydrogens is 256 g/mol. The molecule has 0 aliphatic carbocycles. The molecule has 0 radical (unpaired) electrons. The minimum atomic E-state index is -0.454. The first kappa shape index (κ1) is 12.4. The number of carbonyl (C=O) groups excluding carboxylic acids is 2. The fourth-order valence-corrected chi connectivity index (χ4v) is 2.14. The number of carbonyl (C=O) groups is 2. The van der Waals surface area contributed by atoms with E-state index in [9.17, 15) is 9.59 Å². The number of benzene rings is 1. The smallest absolute Gasteiger partial charge is 0.248 e. The van der Waals surface area contributed by atoms with E-state index >= 15 is 0 Å². The number of para-hydroxylation sites is 1. The van der Waals surface area contributed by atoms with Crippen molar-refractivity contribution in [3.8, 4) is 5.69 Å². The molecule has 1 aromatic carbocycles. The SMILES string of the molecule is O=C1CCC(C(=O)Nc2ccn(-c3ccccc3)n2)N1. The Morgan fingerprint density at radius 2 is 2.10 bits per heavy atom. The summed E-state index contributed by atoms with van der Waals surface area (Å²) in [6, 6.07) is 10.9. The Kier molecular flexibility index (Phi) is 3.20. The van der Waals surface area contributed by atoms with Crippen molar-refractivity contribution >= 4 is 17.6 Å². The number of anilines is 1. The van der Waals surface area contributed by atoms with Gasteiger partial charge < -0.3 is 10.6 Å². The van der Waals surface area contributed by atoms with Crippen LogP contribution in [0.25, 0.3) is 5.69 Å². The third-order valence-corrected chi connectivity index (χ3v) is 3.17. The Bertz CT molecular complexity index is 636. The van der Waals surface area contributed by atoms with Crippen molar-refractivity contribution in [1.29, 1.82) is 0 Å². The van der Waals surface area contributed by atoms with Crippen LogP contribution in [0.3, 0.4) is 0 Å². The number of hydrogen-bond acceptors (Lipinski definition) is 3. The summed E-state index contributed by atoms with van der Waals surface area (Å²) in [7, 11) is 0. The third-order valence-electron chi connectivity index (χ3n) is 3.17. The van der Waals surface area contributed by atoms with Crippen LogP contribution in [-0.2, 0) is 9.59 Å². The topological polar surface area (TPSA) is 76.0 Å². The monoisotopic (exact) mass is 270 g/mol. The molecule has 1 aromatic heterocycles. The summed E-state index contributed by atoms with van der Waals surface area (Å²) in [6.45, 7) is 0. The van der Waals surface area contributed by atoms with Gasteiger partial charge in [-0.2, -0.15) is 5.10 Å². The number of nitrogens with one attached hydrogen (secondary N) is 2. The third kappa shape index (κ3) is 2.54. The van der Waals surface area contributed by atoms with Crippen LogP contribution in [0.4, 0.5) is 5.82 Å². The van der Waals surface area contributed by atoms with Gasteiger partial charge in [-0.3, -0.25) is 9.59 Å². The molecular formula is C14H14N4O2. The summed E-state index contributed by atoms with van der Waals surface area (Å²) in [6.07, 6.45) is 2.71. The highest BCUT2D eigenvalue weighted by Crippen LogP contribution is 2.12. The van der Waals surface area contributed by atoms with Crippen LogP contribution in [0.5, 0.6) is 0 Å². The van der Waals surface area contributed by atoms with E-state index in [1.165, 1.54) is 0 Å². The molecule has 2 N–H and O–H groups in total.